The van der Waals surface area contributed by atoms with Gasteiger partial charge in [-0.2, -0.15) is 0 Å². The Bertz CT molecular complexity index is 758. The van der Waals surface area contributed by atoms with Crippen molar-refractivity contribution < 1.29 is 38.1 Å². The number of halogens is 2. The van der Waals surface area contributed by atoms with Crippen LogP contribution in [0, 0.1) is 10.8 Å². The maximum absolute atomic E-state index is 12.5. The molecule has 9 nitrogen and oxygen atoms in total. The molecule has 0 saturated carbocycles. The van der Waals surface area contributed by atoms with Crippen LogP contribution in [0.4, 0.5) is 0 Å². The van der Waals surface area contributed by atoms with Crippen molar-refractivity contribution in [3.63, 3.8) is 0 Å². The van der Waals surface area contributed by atoms with Crippen LogP contribution >= 0.6 is 45.2 Å². The van der Waals surface area contributed by atoms with Crippen LogP contribution in [0.3, 0.4) is 0 Å². The number of hydrogen-bond donors (Lipinski definition) is 0. The summed E-state index contributed by atoms with van der Waals surface area (Å²) >= 11 is 4.58. The van der Waals surface area contributed by atoms with E-state index in [1.54, 1.807) is 39.1 Å². The molecule has 0 aliphatic carbocycles. The first-order valence-corrected chi connectivity index (χ1v) is 14.7. The van der Waals surface area contributed by atoms with Crippen molar-refractivity contribution in [1.29, 1.82) is 0 Å². The van der Waals surface area contributed by atoms with E-state index in [-0.39, 0.29) is 55.3 Å². The molecule has 1 aromatic heterocycles. The minimum atomic E-state index is -0.842. The molecule has 0 spiro atoms. The standard InChI is InChI=1S/C19H27NO6.C6H12I2O2.4CH4/c1-6-19(4,13-18(2,3)16(22)24-5)17(23)26-11-10-25-15(21)14-8-7-9-20-12-14;7-1-3-9-5-6-10-4-2-8;;;;/h7-9,12H,6,10-11,13H2,1-5H3;1-6H2;4*1H4. The van der Waals surface area contributed by atoms with E-state index >= 15 is 0 Å². The van der Waals surface area contributed by atoms with Crippen molar-refractivity contribution in [2.45, 2.75) is 70.2 Å². The fourth-order valence-corrected chi connectivity index (χ4v) is 3.73. The molecule has 0 aliphatic rings. The molecule has 1 aromatic rings. The second-order valence-corrected chi connectivity index (χ2v) is 10.7. The highest BCUT2D eigenvalue weighted by molar-refractivity contribution is 14.1. The Hall–Kier alpha value is -1.06. The van der Waals surface area contributed by atoms with Gasteiger partial charge in [0.05, 0.1) is 49.9 Å². The first-order valence-electron chi connectivity index (χ1n) is 11.7. The van der Waals surface area contributed by atoms with Crippen LogP contribution in [0.1, 0.15) is 80.6 Å². The second-order valence-electron chi connectivity index (χ2n) is 8.58. The van der Waals surface area contributed by atoms with Crippen LogP contribution in [0.2, 0.25) is 0 Å². The first kappa shape index (κ1) is 48.7. The van der Waals surface area contributed by atoms with Gasteiger partial charge in [0.1, 0.15) is 13.2 Å². The zero-order valence-electron chi connectivity index (χ0n) is 21.8. The molecular weight excluding hydrogens is 744 g/mol. The summed E-state index contributed by atoms with van der Waals surface area (Å²) in [6.07, 6.45) is 3.75. The lowest BCUT2D eigenvalue weighted by molar-refractivity contribution is -0.162. The Kier molecular flexibility index (Phi) is 34.2. The number of carbonyl (C=O) groups is 3. The van der Waals surface area contributed by atoms with E-state index in [1.807, 2.05) is 6.92 Å². The summed E-state index contributed by atoms with van der Waals surface area (Å²) in [7, 11) is 1.32. The third-order valence-electron chi connectivity index (χ3n) is 5.11. The largest absolute Gasteiger partial charge is 0.469 e. The highest BCUT2D eigenvalue weighted by Crippen LogP contribution is 2.38. The van der Waals surface area contributed by atoms with Gasteiger partial charge in [0.2, 0.25) is 0 Å². The molecular formula is C29H55I2NO8. The molecule has 0 saturated heterocycles. The highest BCUT2D eigenvalue weighted by atomic mass is 127. The van der Waals surface area contributed by atoms with E-state index in [1.165, 1.54) is 13.3 Å². The maximum Gasteiger partial charge on any atom is 0.339 e. The van der Waals surface area contributed by atoms with Gasteiger partial charge in [0, 0.05) is 21.2 Å². The lowest BCUT2D eigenvalue weighted by Crippen LogP contribution is -2.38. The van der Waals surface area contributed by atoms with Crippen LogP contribution in [0.15, 0.2) is 24.5 Å². The van der Waals surface area contributed by atoms with Crippen molar-refractivity contribution in [1.82, 2.24) is 4.98 Å². The molecule has 238 valence electrons. The van der Waals surface area contributed by atoms with Crippen molar-refractivity contribution in [2.75, 3.05) is 55.6 Å². The number of methoxy groups -OCH3 is 1. The summed E-state index contributed by atoms with van der Waals surface area (Å²) in [6.45, 7) is 10.1. The van der Waals surface area contributed by atoms with Gasteiger partial charge in [-0.1, -0.05) is 81.8 Å². The minimum Gasteiger partial charge on any atom is -0.469 e. The molecule has 0 aromatic carbocycles. The van der Waals surface area contributed by atoms with Gasteiger partial charge in [0.25, 0.3) is 0 Å². The van der Waals surface area contributed by atoms with E-state index in [0.29, 0.717) is 12.0 Å². The van der Waals surface area contributed by atoms with Gasteiger partial charge in [-0.3, -0.25) is 14.6 Å². The number of pyridine rings is 1. The Morgan fingerprint density at radius 2 is 1.35 bits per heavy atom. The number of ether oxygens (including phenoxy) is 5. The fourth-order valence-electron chi connectivity index (χ4n) is 3.11. The van der Waals surface area contributed by atoms with E-state index in [9.17, 15) is 14.4 Å². The summed E-state index contributed by atoms with van der Waals surface area (Å²) < 4.78 is 27.6. The topological polar surface area (TPSA) is 110 Å². The van der Waals surface area contributed by atoms with Crippen LogP contribution < -0.4 is 0 Å². The molecule has 1 heterocycles. The highest BCUT2D eigenvalue weighted by Gasteiger charge is 2.42. The number of esters is 3. The average molecular weight is 800 g/mol. The predicted molar refractivity (Wildman–Crippen MR) is 181 cm³/mol. The lowest BCUT2D eigenvalue weighted by atomic mass is 9.72. The Morgan fingerprint density at radius 1 is 0.825 bits per heavy atom. The summed E-state index contributed by atoms with van der Waals surface area (Å²) in [5, 5.41) is 0. The SMILES string of the molecule is C.C.C.C.CCC(C)(CC(C)(C)C(=O)OC)C(=O)OCCOC(=O)c1cccnc1.ICCOCCOCCI. The van der Waals surface area contributed by atoms with Crippen LogP contribution in [0.25, 0.3) is 0 Å². The average Bonchev–Trinajstić information content (AvgIpc) is 2.88. The number of nitrogens with zero attached hydrogens (tertiary/aromatic N) is 1. The molecule has 0 fully saturated rings. The monoisotopic (exact) mass is 799 g/mol. The number of hydrogen-bond acceptors (Lipinski definition) is 9. The quantitative estimate of drug-likeness (QED) is 0.0563. The number of alkyl halides is 2. The van der Waals surface area contributed by atoms with Gasteiger partial charge in [-0.25, -0.2) is 4.79 Å². The zero-order chi connectivity index (χ0) is 27.5. The zero-order valence-corrected chi connectivity index (χ0v) is 26.2. The van der Waals surface area contributed by atoms with E-state index < -0.39 is 22.8 Å². The normalized spacial score (nSPS) is 11.3. The third kappa shape index (κ3) is 20.8. The number of carbonyl (C=O) groups excluding carboxylic acids is 3. The van der Waals surface area contributed by atoms with Gasteiger partial charge in [0.15, 0.2) is 0 Å². The van der Waals surface area contributed by atoms with Crippen LogP contribution in [-0.4, -0.2) is 78.5 Å². The molecule has 1 unspecified atom stereocenters. The lowest BCUT2D eigenvalue weighted by Gasteiger charge is -2.33. The molecule has 40 heavy (non-hydrogen) atoms. The summed E-state index contributed by atoms with van der Waals surface area (Å²) in [6, 6.07) is 3.22. The van der Waals surface area contributed by atoms with Crippen molar-refractivity contribution in [3.05, 3.63) is 30.1 Å². The molecule has 11 heteroatoms. The Balaban J connectivity index is -0.000000252. The molecule has 0 N–H and O–H groups in total. The second kappa shape index (κ2) is 28.1. The maximum atomic E-state index is 12.5. The molecule has 0 radical (unpaired) electrons. The van der Waals surface area contributed by atoms with Crippen molar-refractivity contribution in [2.24, 2.45) is 10.8 Å². The third-order valence-corrected chi connectivity index (χ3v) is 5.99. The van der Waals surface area contributed by atoms with Gasteiger partial charge < -0.3 is 23.7 Å². The molecule has 1 atom stereocenters. The summed E-state index contributed by atoms with van der Waals surface area (Å²) in [4.78, 5) is 40.0. The smallest absolute Gasteiger partial charge is 0.339 e. The minimum absolute atomic E-state index is 0. The fraction of sp³-hybridized carbons (Fsp3) is 0.724. The van der Waals surface area contributed by atoms with E-state index in [4.69, 9.17) is 23.7 Å². The van der Waals surface area contributed by atoms with Gasteiger partial charge in [-0.15, -0.1) is 0 Å². The van der Waals surface area contributed by atoms with E-state index in [0.717, 1.165) is 35.3 Å². The first-order chi connectivity index (χ1) is 17.1. The van der Waals surface area contributed by atoms with Crippen molar-refractivity contribution >= 4 is 63.1 Å². The number of aromatic nitrogens is 1. The summed E-state index contributed by atoms with van der Waals surface area (Å²) in [5.74, 6) is -1.34. The van der Waals surface area contributed by atoms with Crippen LogP contribution in [0.5, 0.6) is 0 Å². The molecule has 0 amide bonds. The van der Waals surface area contributed by atoms with Crippen LogP contribution in [-0.2, 0) is 33.3 Å². The molecule has 0 aliphatic heterocycles. The van der Waals surface area contributed by atoms with E-state index in [2.05, 4.69) is 50.2 Å². The molecule has 0 bridgehead atoms. The van der Waals surface area contributed by atoms with Gasteiger partial charge in [-0.05, 0) is 45.7 Å². The van der Waals surface area contributed by atoms with Gasteiger partial charge >= 0.3 is 17.9 Å². The number of rotatable bonds is 16. The Labute approximate surface area is 271 Å². The Morgan fingerprint density at radius 3 is 1.77 bits per heavy atom. The predicted octanol–water partition coefficient (Wildman–Crippen LogP) is 7.22. The summed E-state index contributed by atoms with van der Waals surface area (Å²) in [5.41, 5.74) is -1.33. The van der Waals surface area contributed by atoms with Crippen molar-refractivity contribution in [3.8, 4) is 0 Å². The molecule has 1 rings (SSSR count).